The topological polar surface area (TPSA) is 32.3 Å². The number of nitrogens with one attached hydrogen (secondary N) is 1. The number of Topliss-reactive ketones (excluding diaryl/α,β-unsaturated/α-hetero) is 1. The van der Waals surface area contributed by atoms with E-state index < -0.39 is 0 Å². The summed E-state index contributed by atoms with van der Waals surface area (Å²) >= 11 is 0. The number of rotatable bonds is 4. The van der Waals surface area contributed by atoms with Crippen molar-refractivity contribution < 1.29 is 4.79 Å². The average molecular weight is 268 g/mol. The first kappa shape index (κ1) is 13.3. The van der Waals surface area contributed by atoms with E-state index in [2.05, 4.69) is 40.5 Å². The van der Waals surface area contributed by atoms with Crippen LogP contribution in [0.3, 0.4) is 0 Å². The average Bonchev–Trinajstić information content (AvgIpc) is 2.48. The molecule has 3 nitrogen and oxygen atoms in total. The van der Waals surface area contributed by atoms with Crippen molar-refractivity contribution in [1.82, 2.24) is 10.2 Å². The Hall–Kier alpha value is -1.71. The van der Waals surface area contributed by atoms with E-state index >= 15 is 0 Å². The van der Waals surface area contributed by atoms with Gasteiger partial charge in [0.25, 0.3) is 0 Å². The number of nitrogens with zero attached hydrogens (tertiary/aromatic N) is 1. The van der Waals surface area contributed by atoms with Gasteiger partial charge in [-0.15, -0.1) is 0 Å². The van der Waals surface area contributed by atoms with Crippen LogP contribution in [-0.4, -0.2) is 43.4 Å². The van der Waals surface area contributed by atoms with E-state index in [1.807, 2.05) is 12.1 Å². The van der Waals surface area contributed by atoms with Gasteiger partial charge in [0.05, 0.1) is 6.54 Å². The molecule has 0 aliphatic carbocycles. The maximum absolute atomic E-state index is 12.2. The van der Waals surface area contributed by atoms with Crippen molar-refractivity contribution in [3.05, 3.63) is 48.0 Å². The number of ketones is 1. The molecule has 0 unspecified atom stereocenters. The van der Waals surface area contributed by atoms with Crippen LogP contribution < -0.4 is 5.32 Å². The molecule has 1 aliphatic rings. The van der Waals surface area contributed by atoms with Gasteiger partial charge in [0.15, 0.2) is 5.78 Å². The Morgan fingerprint density at radius 3 is 2.60 bits per heavy atom. The van der Waals surface area contributed by atoms with Crippen LogP contribution in [0.25, 0.3) is 10.8 Å². The van der Waals surface area contributed by atoms with Gasteiger partial charge in [-0.2, -0.15) is 0 Å². The van der Waals surface area contributed by atoms with Gasteiger partial charge < -0.3 is 5.32 Å². The largest absolute Gasteiger partial charge is 0.314 e. The summed E-state index contributed by atoms with van der Waals surface area (Å²) < 4.78 is 0. The van der Waals surface area contributed by atoms with Gasteiger partial charge in [0.1, 0.15) is 0 Å². The maximum Gasteiger partial charge on any atom is 0.151 e. The number of hydrogen-bond donors (Lipinski definition) is 1. The highest BCUT2D eigenvalue weighted by Gasteiger charge is 2.13. The molecule has 3 heteroatoms. The van der Waals surface area contributed by atoms with E-state index in [-0.39, 0.29) is 0 Å². The minimum Gasteiger partial charge on any atom is -0.314 e. The van der Waals surface area contributed by atoms with Crippen LogP contribution in [0.5, 0.6) is 0 Å². The van der Waals surface area contributed by atoms with Gasteiger partial charge in [-0.1, -0.05) is 42.5 Å². The fourth-order valence-electron chi connectivity index (χ4n) is 2.75. The van der Waals surface area contributed by atoms with E-state index in [0.717, 1.165) is 31.7 Å². The Balaban J connectivity index is 1.64. The van der Waals surface area contributed by atoms with Crippen LogP contribution in [0.4, 0.5) is 0 Å². The smallest absolute Gasteiger partial charge is 0.151 e. The lowest BCUT2D eigenvalue weighted by Gasteiger charge is -2.26. The molecule has 0 spiro atoms. The number of piperazine rings is 1. The fourth-order valence-corrected chi connectivity index (χ4v) is 2.75. The van der Waals surface area contributed by atoms with E-state index in [1.165, 1.54) is 10.8 Å². The lowest BCUT2D eigenvalue weighted by Crippen LogP contribution is -2.45. The second-order valence-electron chi connectivity index (χ2n) is 5.42. The van der Waals surface area contributed by atoms with E-state index in [0.29, 0.717) is 18.7 Å². The molecule has 20 heavy (non-hydrogen) atoms. The Kier molecular flexibility index (Phi) is 4.09. The summed E-state index contributed by atoms with van der Waals surface area (Å²) in [4.78, 5) is 14.4. The van der Waals surface area contributed by atoms with Gasteiger partial charge in [0.2, 0.25) is 0 Å². The highest BCUT2D eigenvalue weighted by Crippen LogP contribution is 2.16. The monoisotopic (exact) mass is 268 g/mol. The number of carbonyl (C=O) groups excluding carboxylic acids is 1. The zero-order valence-electron chi connectivity index (χ0n) is 11.6. The van der Waals surface area contributed by atoms with Crippen LogP contribution in [0.2, 0.25) is 0 Å². The SMILES string of the molecule is O=C(Cc1ccc2ccccc2c1)CN1CCNCC1. The molecule has 1 aliphatic heterocycles. The molecule has 0 amide bonds. The maximum atomic E-state index is 12.2. The van der Waals surface area contributed by atoms with Gasteiger partial charge in [-0.05, 0) is 16.3 Å². The molecule has 104 valence electrons. The van der Waals surface area contributed by atoms with Gasteiger partial charge in [-0.3, -0.25) is 9.69 Å². The minimum absolute atomic E-state index is 0.308. The zero-order chi connectivity index (χ0) is 13.8. The van der Waals surface area contributed by atoms with Gasteiger partial charge in [0, 0.05) is 32.6 Å². The molecule has 1 saturated heterocycles. The first-order chi connectivity index (χ1) is 9.81. The van der Waals surface area contributed by atoms with Gasteiger partial charge >= 0.3 is 0 Å². The number of benzene rings is 2. The van der Waals surface area contributed by atoms with Crippen LogP contribution in [0.1, 0.15) is 5.56 Å². The summed E-state index contributed by atoms with van der Waals surface area (Å²) in [5.41, 5.74) is 1.11. The van der Waals surface area contributed by atoms with Crippen LogP contribution in [-0.2, 0) is 11.2 Å². The highest BCUT2D eigenvalue weighted by molar-refractivity contribution is 5.86. The molecular weight excluding hydrogens is 248 g/mol. The number of fused-ring (bicyclic) bond motifs is 1. The summed E-state index contributed by atoms with van der Waals surface area (Å²) in [7, 11) is 0. The normalized spacial score (nSPS) is 16.4. The lowest BCUT2D eigenvalue weighted by molar-refractivity contribution is -0.119. The highest BCUT2D eigenvalue weighted by atomic mass is 16.1. The molecule has 0 aromatic heterocycles. The fraction of sp³-hybridized carbons (Fsp3) is 0.353. The standard InChI is InChI=1S/C17H20N2O/c20-17(13-19-9-7-18-8-10-19)12-14-5-6-15-3-1-2-4-16(15)11-14/h1-6,11,18H,7-10,12-13H2. The minimum atomic E-state index is 0.308. The molecule has 2 aromatic rings. The Morgan fingerprint density at radius 1 is 1.05 bits per heavy atom. The summed E-state index contributed by atoms with van der Waals surface area (Å²) in [6.45, 7) is 4.51. The van der Waals surface area contributed by atoms with E-state index in [1.54, 1.807) is 0 Å². The van der Waals surface area contributed by atoms with Crippen LogP contribution in [0, 0.1) is 0 Å². The second-order valence-corrected chi connectivity index (χ2v) is 5.42. The van der Waals surface area contributed by atoms with Crippen molar-refractivity contribution >= 4 is 16.6 Å². The van der Waals surface area contributed by atoms with Crippen molar-refractivity contribution in [3.63, 3.8) is 0 Å². The molecule has 3 rings (SSSR count). The van der Waals surface area contributed by atoms with Crippen molar-refractivity contribution in [2.75, 3.05) is 32.7 Å². The predicted molar refractivity (Wildman–Crippen MR) is 82.0 cm³/mol. The third-order valence-corrected chi connectivity index (χ3v) is 3.82. The van der Waals surface area contributed by atoms with Crippen molar-refractivity contribution in [3.8, 4) is 0 Å². The number of carbonyl (C=O) groups is 1. The van der Waals surface area contributed by atoms with Crippen molar-refractivity contribution in [2.45, 2.75) is 6.42 Å². The molecule has 0 saturated carbocycles. The molecular formula is C17H20N2O. The summed E-state index contributed by atoms with van der Waals surface area (Å²) in [6.07, 6.45) is 0.536. The Labute approximate surface area is 119 Å². The van der Waals surface area contributed by atoms with Crippen molar-refractivity contribution in [2.24, 2.45) is 0 Å². The lowest BCUT2D eigenvalue weighted by atomic mass is 10.0. The Morgan fingerprint density at radius 2 is 1.80 bits per heavy atom. The summed E-state index contributed by atoms with van der Waals surface area (Å²) in [5.74, 6) is 0.308. The molecule has 0 atom stereocenters. The van der Waals surface area contributed by atoms with E-state index in [4.69, 9.17) is 0 Å². The van der Waals surface area contributed by atoms with E-state index in [9.17, 15) is 4.79 Å². The zero-order valence-corrected chi connectivity index (χ0v) is 11.6. The molecule has 2 aromatic carbocycles. The molecule has 1 fully saturated rings. The third-order valence-electron chi connectivity index (χ3n) is 3.82. The molecule has 0 bridgehead atoms. The first-order valence-electron chi connectivity index (χ1n) is 7.24. The van der Waals surface area contributed by atoms with Crippen LogP contribution >= 0.6 is 0 Å². The molecule has 1 N–H and O–H groups in total. The summed E-state index contributed by atoms with van der Waals surface area (Å²) in [5, 5.41) is 5.74. The Bertz CT molecular complexity index is 603. The molecule has 1 heterocycles. The quantitative estimate of drug-likeness (QED) is 0.918. The predicted octanol–water partition coefficient (Wildman–Crippen LogP) is 1.86. The molecule has 0 radical (unpaired) electrons. The third kappa shape index (κ3) is 3.24. The van der Waals surface area contributed by atoms with Crippen LogP contribution in [0.15, 0.2) is 42.5 Å². The second kappa shape index (κ2) is 6.16. The first-order valence-corrected chi connectivity index (χ1v) is 7.24. The summed E-state index contributed by atoms with van der Waals surface area (Å²) in [6, 6.07) is 14.6. The van der Waals surface area contributed by atoms with Gasteiger partial charge in [-0.25, -0.2) is 0 Å². The number of hydrogen-bond acceptors (Lipinski definition) is 3. The van der Waals surface area contributed by atoms with Crippen molar-refractivity contribution in [1.29, 1.82) is 0 Å².